The van der Waals surface area contributed by atoms with Crippen LogP contribution in [0.5, 0.6) is 0 Å². The van der Waals surface area contributed by atoms with E-state index in [1.165, 1.54) is 6.42 Å². The van der Waals surface area contributed by atoms with Gasteiger partial charge in [0, 0.05) is 5.97 Å². The van der Waals surface area contributed by atoms with Crippen LogP contribution in [0.3, 0.4) is 0 Å². The minimum atomic E-state index is -0.259. The summed E-state index contributed by atoms with van der Waals surface area (Å²) in [5, 5.41) is 9.05. The minimum Gasteiger partial charge on any atom is -0.380 e. The smallest absolute Gasteiger partial charge is 0.304 e. The average Bonchev–Trinajstić information content (AvgIpc) is 2.39. The zero-order chi connectivity index (χ0) is 11.6. The van der Waals surface area contributed by atoms with Crippen molar-refractivity contribution < 1.29 is 4.74 Å². The topological polar surface area (TPSA) is 33.0 Å². The standard InChI is InChI=1S/C12H22BNO/c1-9(2)6-10(3)11-7-13(8-14)12(4,5)15-11/h9-11H,6-7H2,1-5H3/t10-,11-/m1/s1. The molecule has 0 aliphatic carbocycles. The molecule has 1 heterocycles. The Balaban J connectivity index is 2.58. The molecule has 1 saturated heterocycles. The Kier molecular flexibility index (Phi) is 3.84. The van der Waals surface area contributed by atoms with Gasteiger partial charge in [0.2, 0.25) is 0 Å². The lowest BCUT2D eigenvalue weighted by Gasteiger charge is -2.25. The van der Waals surface area contributed by atoms with Gasteiger partial charge in [0.1, 0.15) is 0 Å². The molecule has 84 valence electrons. The summed E-state index contributed by atoms with van der Waals surface area (Å²) in [6, 6.07) is 0. The fraction of sp³-hybridized carbons (Fsp3) is 0.917. The molecule has 1 aliphatic heterocycles. The molecular formula is C12H22BNO. The SMILES string of the molecule is CC(C)C[C@@H](C)[C@H]1CB(C#N)C(C)(C)O1. The van der Waals surface area contributed by atoms with E-state index in [0.717, 1.165) is 6.32 Å². The predicted molar refractivity (Wildman–Crippen MR) is 63.7 cm³/mol. The molecule has 0 aromatic carbocycles. The average molecular weight is 207 g/mol. The van der Waals surface area contributed by atoms with Crippen molar-refractivity contribution in [1.82, 2.24) is 0 Å². The van der Waals surface area contributed by atoms with E-state index in [1.54, 1.807) is 0 Å². The zero-order valence-corrected chi connectivity index (χ0v) is 10.6. The van der Waals surface area contributed by atoms with E-state index in [4.69, 9.17) is 10.00 Å². The van der Waals surface area contributed by atoms with E-state index >= 15 is 0 Å². The summed E-state index contributed by atoms with van der Waals surface area (Å²) in [7, 11) is 0. The second-order valence-corrected chi connectivity index (χ2v) is 5.78. The Morgan fingerprint density at radius 1 is 1.47 bits per heavy atom. The first-order valence-electron chi connectivity index (χ1n) is 5.94. The molecular weight excluding hydrogens is 185 g/mol. The van der Waals surface area contributed by atoms with Gasteiger partial charge in [0.25, 0.3) is 0 Å². The number of nitriles is 1. The molecule has 0 amide bonds. The molecule has 0 bridgehead atoms. The van der Waals surface area contributed by atoms with Gasteiger partial charge in [-0.25, -0.2) is 5.26 Å². The van der Waals surface area contributed by atoms with Crippen molar-refractivity contribution in [2.45, 2.75) is 59.0 Å². The highest BCUT2D eigenvalue weighted by Gasteiger charge is 2.46. The molecule has 0 saturated carbocycles. The van der Waals surface area contributed by atoms with E-state index in [1.807, 2.05) is 13.8 Å². The lowest BCUT2D eigenvalue weighted by atomic mass is 9.39. The van der Waals surface area contributed by atoms with Gasteiger partial charge >= 0.3 is 6.71 Å². The van der Waals surface area contributed by atoms with Gasteiger partial charge in [-0.3, -0.25) is 0 Å². The summed E-state index contributed by atoms with van der Waals surface area (Å²) < 4.78 is 5.99. The van der Waals surface area contributed by atoms with E-state index < -0.39 is 0 Å². The van der Waals surface area contributed by atoms with Crippen LogP contribution in [-0.2, 0) is 4.74 Å². The largest absolute Gasteiger partial charge is 0.380 e. The normalized spacial score (nSPS) is 26.7. The quantitative estimate of drug-likeness (QED) is 0.666. The monoisotopic (exact) mass is 207 g/mol. The van der Waals surface area contributed by atoms with E-state index in [0.29, 0.717) is 11.8 Å². The van der Waals surface area contributed by atoms with Gasteiger partial charge in [-0.05, 0) is 38.4 Å². The van der Waals surface area contributed by atoms with Crippen LogP contribution in [-0.4, -0.2) is 18.3 Å². The molecule has 0 aromatic heterocycles. The Hall–Kier alpha value is -0.485. The van der Waals surface area contributed by atoms with Crippen molar-refractivity contribution in [1.29, 1.82) is 5.26 Å². The summed E-state index contributed by atoms with van der Waals surface area (Å²) in [5.41, 5.74) is -0.259. The van der Waals surface area contributed by atoms with Gasteiger partial charge in [0.15, 0.2) is 0 Å². The van der Waals surface area contributed by atoms with Crippen molar-refractivity contribution in [3.63, 3.8) is 0 Å². The first-order chi connectivity index (χ1) is 6.86. The zero-order valence-electron chi connectivity index (χ0n) is 10.6. The first kappa shape index (κ1) is 12.6. The molecule has 0 aromatic rings. The van der Waals surface area contributed by atoms with Crippen LogP contribution in [0.15, 0.2) is 0 Å². The summed E-state index contributed by atoms with van der Waals surface area (Å²) in [4.78, 5) is 0. The molecule has 0 radical (unpaired) electrons. The summed E-state index contributed by atoms with van der Waals surface area (Å²) in [6.45, 7) is 10.8. The molecule has 1 aliphatic rings. The Bertz CT molecular complexity index is 257. The van der Waals surface area contributed by atoms with E-state index in [9.17, 15) is 0 Å². The minimum absolute atomic E-state index is 0.0529. The van der Waals surface area contributed by atoms with Crippen molar-refractivity contribution in [2.75, 3.05) is 0 Å². The second kappa shape index (κ2) is 4.57. The number of ether oxygens (including phenoxy) is 1. The first-order valence-corrected chi connectivity index (χ1v) is 5.94. The molecule has 0 unspecified atom stereocenters. The number of rotatable bonds is 3. The van der Waals surface area contributed by atoms with Crippen molar-refractivity contribution in [3.8, 4) is 5.97 Å². The van der Waals surface area contributed by atoms with Crippen molar-refractivity contribution in [3.05, 3.63) is 0 Å². The Morgan fingerprint density at radius 2 is 2.07 bits per heavy atom. The molecule has 15 heavy (non-hydrogen) atoms. The third-order valence-corrected chi connectivity index (χ3v) is 3.40. The fourth-order valence-corrected chi connectivity index (χ4v) is 2.49. The van der Waals surface area contributed by atoms with Crippen LogP contribution in [0, 0.1) is 23.1 Å². The van der Waals surface area contributed by atoms with Gasteiger partial charge in [-0.15, -0.1) is 0 Å². The summed E-state index contributed by atoms with van der Waals surface area (Å²) >= 11 is 0. The van der Waals surface area contributed by atoms with Crippen LogP contribution in [0.1, 0.15) is 41.0 Å². The van der Waals surface area contributed by atoms with Crippen LogP contribution in [0.2, 0.25) is 6.32 Å². The van der Waals surface area contributed by atoms with E-state index in [2.05, 4.69) is 26.7 Å². The van der Waals surface area contributed by atoms with Crippen LogP contribution < -0.4 is 0 Å². The molecule has 1 rings (SSSR count). The molecule has 2 atom stereocenters. The summed E-state index contributed by atoms with van der Waals surface area (Å²) in [6.07, 6.45) is 2.35. The summed E-state index contributed by atoms with van der Waals surface area (Å²) in [5.74, 6) is 3.63. The lowest BCUT2D eigenvalue weighted by molar-refractivity contribution is -0.0203. The van der Waals surface area contributed by atoms with E-state index in [-0.39, 0.29) is 18.3 Å². The maximum absolute atomic E-state index is 9.05. The van der Waals surface area contributed by atoms with Gasteiger partial charge in [-0.1, -0.05) is 20.8 Å². The number of hydrogen-bond acceptors (Lipinski definition) is 2. The van der Waals surface area contributed by atoms with Crippen molar-refractivity contribution >= 4 is 6.71 Å². The highest BCUT2D eigenvalue weighted by molar-refractivity contribution is 6.70. The molecule has 1 fully saturated rings. The highest BCUT2D eigenvalue weighted by Crippen LogP contribution is 2.35. The Morgan fingerprint density at radius 3 is 2.47 bits per heavy atom. The molecule has 0 spiro atoms. The third-order valence-electron chi connectivity index (χ3n) is 3.40. The number of hydrogen-bond donors (Lipinski definition) is 0. The van der Waals surface area contributed by atoms with Gasteiger partial charge in [-0.2, -0.15) is 0 Å². The Labute approximate surface area is 94.1 Å². The lowest BCUT2D eigenvalue weighted by Crippen LogP contribution is -2.35. The molecule has 0 N–H and O–H groups in total. The maximum atomic E-state index is 9.05. The molecule has 2 nitrogen and oxygen atoms in total. The van der Waals surface area contributed by atoms with Crippen LogP contribution in [0.4, 0.5) is 0 Å². The third kappa shape index (κ3) is 2.98. The maximum Gasteiger partial charge on any atom is 0.304 e. The predicted octanol–water partition coefficient (Wildman–Crippen LogP) is 2.94. The van der Waals surface area contributed by atoms with Gasteiger partial charge in [0.05, 0.1) is 11.6 Å². The van der Waals surface area contributed by atoms with Crippen LogP contribution >= 0.6 is 0 Å². The van der Waals surface area contributed by atoms with Crippen molar-refractivity contribution in [2.24, 2.45) is 11.8 Å². The van der Waals surface area contributed by atoms with Gasteiger partial charge < -0.3 is 4.74 Å². The molecule has 3 heteroatoms. The highest BCUT2D eigenvalue weighted by atomic mass is 16.5. The number of nitrogens with zero attached hydrogens (tertiary/aromatic N) is 1. The van der Waals surface area contributed by atoms with Crippen LogP contribution in [0.25, 0.3) is 0 Å². The fourth-order valence-electron chi connectivity index (χ4n) is 2.49. The second-order valence-electron chi connectivity index (χ2n) is 5.78.